The molecule has 21 heavy (non-hydrogen) atoms. The fraction of sp³-hybridized carbons (Fsp3) is 0.611. The molecular weight excluding hydrogens is 262 g/mol. The molecule has 0 amide bonds. The molecule has 114 valence electrons. The maximum Gasteiger partial charge on any atom is 0.338 e. The number of esters is 1. The number of anilines is 1. The number of hydrogen-bond donors (Lipinski definition) is 1. The summed E-state index contributed by atoms with van der Waals surface area (Å²) in [6.45, 7) is 2.25. The van der Waals surface area contributed by atoms with Gasteiger partial charge in [-0.1, -0.05) is 18.9 Å². The van der Waals surface area contributed by atoms with E-state index >= 15 is 0 Å². The lowest BCUT2D eigenvalue weighted by Crippen LogP contribution is -2.28. The number of hydrogen-bond acceptors (Lipinski definition) is 3. The zero-order chi connectivity index (χ0) is 14.7. The molecule has 1 N–H and O–H groups in total. The van der Waals surface area contributed by atoms with Gasteiger partial charge in [-0.25, -0.2) is 4.79 Å². The summed E-state index contributed by atoms with van der Waals surface area (Å²) in [6, 6.07) is 8.26. The van der Waals surface area contributed by atoms with Crippen LogP contribution in [0.1, 0.15) is 55.8 Å². The van der Waals surface area contributed by atoms with Crippen LogP contribution >= 0.6 is 0 Å². The number of ether oxygens (including phenoxy) is 1. The Morgan fingerprint density at radius 3 is 2.86 bits per heavy atom. The van der Waals surface area contributed by atoms with Gasteiger partial charge < -0.3 is 10.1 Å². The minimum Gasteiger partial charge on any atom is -0.462 e. The largest absolute Gasteiger partial charge is 0.462 e. The van der Waals surface area contributed by atoms with E-state index in [4.69, 9.17) is 4.74 Å². The fourth-order valence-electron chi connectivity index (χ4n) is 3.54. The Morgan fingerprint density at radius 1 is 1.24 bits per heavy atom. The van der Waals surface area contributed by atoms with E-state index in [0.717, 1.165) is 17.5 Å². The Hall–Kier alpha value is -1.51. The average molecular weight is 287 g/mol. The monoisotopic (exact) mass is 287 g/mol. The van der Waals surface area contributed by atoms with E-state index in [1.807, 2.05) is 31.2 Å². The molecular formula is C18H25NO2. The Bertz CT molecular complexity index is 496. The van der Waals surface area contributed by atoms with Gasteiger partial charge in [-0.2, -0.15) is 0 Å². The average Bonchev–Trinajstić information content (AvgIpc) is 3.33. The zero-order valence-electron chi connectivity index (χ0n) is 12.8. The number of nitrogens with one attached hydrogen (secondary N) is 1. The highest BCUT2D eigenvalue weighted by molar-refractivity contribution is 5.90. The zero-order valence-corrected chi connectivity index (χ0v) is 12.8. The predicted octanol–water partition coefficient (Wildman–Crippen LogP) is 4.24. The number of carbonyl (C=O) groups is 1. The first kappa shape index (κ1) is 14.4. The molecule has 0 aromatic heterocycles. The maximum atomic E-state index is 11.8. The highest BCUT2D eigenvalue weighted by Gasteiger charge is 2.34. The second-order valence-electron chi connectivity index (χ2n) is 6.41. The van der Waals surface area contributed by atoms with Gasteiger partial charge in [0.2, 0.25) is 0 Å². The first-order chi connectivity index (χ1) is 10.3. The molecule has 2 saturated carbocycles. The molecule has 3 rings (SSSR count). The molecule has 0 bridgehead atoms. The van der Waals surface area contributed by atoms with E-state index in [9.17, 15) is 4.79 Å². The van der Waals surface area contributed by atoms with Crippen molar-refractivity contribution >= 4 is 11.7 Å². The molecule has 0 aliphatic heterocycles. The highest BCUT2D eigenvalue weighted by Crippen LogP contribution is 2.44. The van der Waals surface area contributed by atoms with Crippen molar-refractivity contribution in [3.8, 4) is 0 Å². The SMILES string of the molecule is CCOC(=O)c1cccc(NC2CCCC(C3CC3)C2)c1. The molecule has 1 aromatic rings. The van der Waals surface area contributed by atoms with Gasteiger partial charge in [-0.3, -0.25) is 0 Å². The third-order valence-corrected chi connectivity index (χ3v) is 4.75. The van der Waals surface area contributed by atoms with Crippen LogP contribution in [0.5, 0.6) is 0 Å². The van der Waals surface area contributed by atoms with Crippen LogP contribution in [0.15, 0.2) is 24.3 Å². The van der Waals surface area contributed by atoms with Crippen LogP contribution in [0.4, 0.5) is 5.69 Å². The summed E-state index contributed by atoms with van der Waals surface area (Å²) >= 11 is 0. The van der Waals surface area contributed by atoms with Crippen LogP contribution in [0.25, 0.3) is 0 Å². The third-order valence-electron chi connectivity index (χ3n) is 4.75. The molecule has 0 radical (unpaired) electrons. The van der Waals surface area contributed by atoms with Crippen molar-refractivity contribution in [2.45, 2.75) is 51.5 Å². The van der Waals surface area contributed by atoms with Gasteiger partial charge in [0.15, 0.2) is 0 Å². The normalized spacial score (nSPS) is 25.4. The summed E-state index contributed by atoms with van der Waals surface area (Å²) in [6.07, 6.45) is 8.15. The summed E-state index contributed by atoms with van der Waals surface area (Å²) in [7, 11) is 0. The second-order valence-corrected chi connectivity index (χ2v) is 6.41. The van der Waals surface area contributed by atoms with Gasteiger partial charge in [0, 0.05) is 11.7 Å². The Morgan fingerprint density at radius 2 is 2.10 bits per heavy atom. The minimum absolute atomic E-state index is 0.236. The van der Waals surface area contributed by atoms with E-state index in [2.05, 4.69) is 5.32 Å². The molecule has 2 unspecified atom stereocenters. The van der Waals surface area contributed by atoms with Gasteiger partial charge in [0.05, 0.1) is 12.2 Å². The van der Waals surface area contributed by atoms with Crippen molar-refractivity contribution in [3.63, 3.8) is 0 Å². The van der Waals surface area contributed by atoms with E-state index in [1.54, 1.807) is 0 Å². The van der Waals surface area contributed by atoms with E-state index in [0.29, 0.717) is 18.2 Å². The molecule has 0 saturated heterocycles. The first-order valence-electron chi connectivity index (χ1n) is 8.30. The lowest BCUT2D eigenvalue weighted by atomic mass is 9.82. The molecule has 0 spiro atoms. The van der Waals surface area contributed by atoms with Crippen LogP contribution < -0.4 is 5.32 Å². The quantitative estimate of drug-likeness (QED) is 0.823. The van der Waals surface area contributed by atoms with Crippen molar-refractivity contribution in [1.82, 2.24) is 0 Å². The fourth-order valence-corrected chi connectivity index (χ4v) is 3.54. The molecule has 0 heterocycles. The Balaban J connectivity index is 1.61. The maximum absolute atomic E-state index is 11.8. The van der Waals surface area contributed by atoms with Crippen molar-refractivity contribution in [2.75, 3.05) is 11.9 Å². The molecule has 3 nitrogen and oxygen atoms in total. The second kappa shape index (κ2) is 6.50. The highest BCUT2D eigenvalue weighted by atomic mass is 16.5. The predicted molar refractivity (Wildman–Crippen MR) is 84.5 cm³/mol. The standard InChI is InChI=1S/C18H25NO2/c1-2-21-18(20)15-6-4-8-17(12-15)19-16-7-3-5-14(11-16)13-9-10-13/h4,6,8,12-14,16,19H,2-3,5,7,9-11H2,1H3. The van der Waals surface area contributed by atoms with E-state index in [1.165, 1.54) is 38.5 Å². The number of carbonyl (C=O) groups excluding carboxylic acids is 1. The van der Waals surface area contributed by atoms with Crippen molar-refractivity contribution < 1.29 is 9.53 Å². The minimum atomic E-state index is -0.236. The molecule has 2 fully saturated rings. The summed E-state index contributed by atoms with van der Waals surface area (Å²) in [5.41, 5.74) is 1.68. The van der Waals surface area contributed by atoms with Crippen molar-refractivity contribution in [3.05, 3.63) is 29.8 Å². The van der Waals surface area contributed by atoms with Crippen LogP contribution in [0.2, 0.25) is 0 Å². The van der Waals surface area contributed by atoms with Crippen molar-refractivity contribution in [2.24, 2.45) is 11.8 Å². The van der Waals surface area contributed by atoms with Gasteiger partial charge in [0.25, 0.3) is 0 Å². The lowest BCUT2D eigenvalue weighted by Gasteiger charge is -2.30. The Labute approximate surface area is 127 Å². The number of rotatable bonds is 5. The molecule has 2 aliphatic rings. The lowest BCUT2D eigenvalue weighted by molar-refractivity contribution is 0.0526. The summed E-state index contributed by atoms with van der Waals surface area (Å²) in [5.74, 6) is 1.69. The molecule has 3 heteroatoms. The summed E-state index contributed by atoms with van der Waals surface area (Å²) in [4.78, 5) is 11.8. The third kappa shape index (κ3) is 3.78. The topological polar surface area (TPSA) is 38.3 Å². The number of benzene rings is 1. The molecule has 1 aromatic carbocycles. The smallest absolute Gasteiger partial charge is 0.338 e. The van der Waals surface area contributed by atoms with E-state index < -0.39 is 0 Å². The Kier molecular flexibility index (Phi) is 4.47. The van der Waals surface area contributed by atoms with Crippen LogP contribution in [-0.2, 0) is 4.74 Å². The summed E-state index contributed by atoms with van der Waals surface area (Å²) in [5, 5.41) is 3.62. The van der Waals surface area contributed by atoms with Gasteiger partial charge in [-0.05, 0) is 62.6 Å². The van der Waals surface area contributed by atoms with Crippen LogP contribution in [0, 0.1) is 11.8 Å². The first-order valence-corrected chi connectivity index (χ1v) is 8.30. The van der Waals surface area contributed by atoms with Crippen LogP contribution in [-0.4, -0.2) is 18.6 Å². The summed E-state index contributed by atoms with van der Waals surface area (Å²) < 4.78 is 5.06. The van der Waals surface area contributed by atoms with Crippen molar-refractivity contribution in [1.29, 1.82) is 0 Å². The molecule has 2 atom stereocenters. The van der Waals surface area contributed by atoms with Gasteiger partial charge in [-0.15, -0.1) is 0 Å². The van der Waals surface area contributed by atoms with Crippen LogP contribution in [0.3, 0.4) is 0 Å². The molecule has 2 aliphatic carbocycles. The van der Waals surface area contributed by atoms with E-state index in [-0.39, 0.29) is 5.97 Å². The van der Waals surface area contributed by atoms with Gasteiger partial charge in [0.1, 0.15) is 0 Å². The van der Waals surface area contributed by atoms with Gasteiger partial charge >= 0.3 is 5.97 Å².